The van der Waals surface area contributed by atoms with E-state index in [0.29, 0.717) is 37.6 Å². The lowest BCUT2D eigenvalue weighted by Crippen LogP contribution is -2.29. The van der Waals surface area contributed by atoms with E-state index in [1.165, 1.54) is 11.0 Å². The number of terminal acetylenes is 1. The fourth-order valence-corrected chi connectivity index (χ4v) is 2.11. The van der Waals surface area contributed by atoms with Gasteiger partial charge in [0.15, 0.2) is 5.66 Å². The topological polar surface area (TPSA) is 126 Å². The number of rotatable bonds is 7. The Morgan fingerprint density at radius 3 is 2.96 bits per heavy atom. The second-order valence-electron chi connectivity index (χ2n) is 5.10. The predicted molar refractivity (Wildman–Crippen MR) is 78.6 cm³/mol. The Bertz CT molecular complexity index is 762. The first-order valence-corrected chi connectivity index (χ1v) is 7.09. The molecule has 3 rings (SSSR count). The molecule has 2 N–H and O–H groups in total. The summed E-state index contributed by atoms with van der Waals surface area (Å²) in [7, 11) is 0. The summed E-state index contributed by atoms with van der Waals surface area (Å²) in [6.07, 6.45) is 8.53. The third-order valence-electron chi connectivity index (χ3n) is 3.44. The molecule has 1 aliphatic heterocycles. The minimum absolute atomic E-state index is 0.0706. The molecule has 0 bridgehead atoms. The van der Waals surface area contributed by atoms with Crippen LogP contribution in [-0.4, -0.2) is 48.1 Å². The van der Waals surface area contributed by atoms with E-state index in [0.717, 1.165) is 0 Å². The van der Waals surface area contributed by atoms with Crippen molar-refractivity contribution < 1.29 is 4.79 Å². The fourth-order valence-electron chi connectivity index (χ4n) is 2.11. The summed E-state index contributed by atoms with van der Waals surface area (Å²) >= 11 is 0. The number of carbonyl (C=O) groups excluding carboxylic acids is 1. The molecule has 0 radical (unpaired) electrons. The van der Waals surface area contributed by atoms with Crippen molar-refractivity contribution >= 4 is 5.91 Å². The number of hydrogen-bond acceptors (Lipinski definition) is 7. The Kier molecular flexibility index (Phi) is 3.84. The van der Waals surface area contributed by atoms with Gasteiger partial charge in [-0.25, -0.2) is 10.1 Å². The van der Waals surface area contributed by atoms with Gasteiger partial charge in [-0.3, -0.25) is 4.79 Å². The summed E-state index contributed by atoms with van der Waals surface area (Å²) in [6.45, 7) is 2.15. The predicted octanol–water partition coefficient (Wildman–Crippen LogP) is 0.389. The second-order valence-corrected chi connectivity index (χ2v) is 5.10. The van der Waals surface area contributed by atoms with Crippen LogP contribution in [0.2, 0.25) is 0 Å². The molecule has 0 saturated carbocycles. The van der Waals surface area contributed by atoms with Crippen molar-refractivity contribution in [3.05, 3.63) is 18.0 Å². The quantitative estimate of drug-likeness (QED) is 0.715. The minimum atomic E-state index is -0.414. The maximum Gasteiger partial charge on any atom is 0.290 e. The van der Waals surface area contributed by atoms with Crippen LogP contribution in [0.15, 0.2) is 16.6 Å². The van der Waals surface area contributed by atoms with Crippen molar-refractivity contribution in [2.24, 2.45) is 10.2 Å². The van der Waals surface area contributed by atoms with Crippen LogP contribution >= 0.6 is 0 Å². The van der Waals surface area contributed by atoms with Gasteiger partial charge in [0.05, 0.1) is 0 Å². The van der Waals surface area contributed by atoms with Crippen molar-refractivity contribution in [3.63, 3.8) is 0 Å². The van der Waals surface area contributed by atoms with E-state index in [1.807, 2.05) is 0 Å². The molecule has 0 atom stereocenters. The summed E-state index contributed by atoms with van der Waals surface area (Å²) in [6, 6.07) is 0. The zero-order valence-electron chi connectivity index (χ0n) is 12.5. The maximum atomic E-state index is 12.1. The molecule has 1 amide bonds. The van der Waals surface area contributed by atoms with E-state index in [2.05, 4.69) is 46.7 Å². The van der Waals surface area contributed by atoms with Crippen molar-refractivity contribution in [1.82, 2.24) is 35.3 Å². The molecular formula is C13H15N9O. The fraction of sp³-hybridized carbons (Fsp3) is 0.462. The Morgan fingerprint density at radius 1 is 1.48 bits per heavy atom. The molecule has 2 aromatic heterocycles. The van der Waals surface area contributed by atoms with E-state index >= 15 is 0 Å². The molecule has 10 nitrogen and oxygen atoms in total. The van der Waals surface area contributed by atoms with Gasteiger partial charge in [-0.2, -0.15) is 25.0 Å². The largest absolute Gasteiger partial charge is 0.349 e. The van der Waals surface area contributed by atoms with Crippen LogP contribution in [0.1, 0.15) is 35.7 Å². The first kappa shape index (κ1) is 14.8. The molecule has 0 saturated heterocycles. The number of hydrogen-bond donors (Lipinski definition) is 2. The van der Waals surface area contributed by atoms with Crippen LogP contribution in [0.5, 0.6) is 0 Å². The number of nitrogens with one attached hydrogen (secondary N) is 2. The number of nitrogens with zero attached hydrogens (tertiary/aromatic N) is 7. The molecule has 0 aromatic carbocycles. The number of H-pyrrole nitrogens is 1. The number of aryl methyl sites for hydroxylation is 1. The molecule has 3 heterocycles. The van der Waals surface area contributed by atoms with Gasteiger partial charge >= 0.3 is 0 Å². The smallest absolute Gasteiger partial charge is 0.290 e. The highest BCUT2D eigenvalue weighted by atomic mass is 16.2. The normalized spacial score (nSPS) is 14.4. The second kappa shape index (κ2) is 5.96. The van der Waals surface area contributed by atoms with Gasteiger partial charge in [-0.1, -0.05) is 0 Å². The summed E-state index contributed by atoms with van der Waals surface area (Å²) in [5.74, 6) is 3.21. The zero-order valence-corrected chi connectivity index (χ0v) is 12.5. The van der Waals surface area contributed by atoms with Crippen molar-refractivity contribution in [2.45, 2.75) is 31.8 Å². The number of aromatic amines is 1. The number of carbonyl (C=O) groups is 1. The first-order chi connectivity index (χ1) is 11.1. The molecular weight excluding hydrogens is 298 g/mol. The van der Waals surface area contributed by atoms with E-state index in [-0.39, 0.29) is 11.7 Å². The summed E-state index contributed by atoms with van der Waals surface area (Å²) in [5.41, 5.74) is -0.414. The average Bonchev–Trinajstić information content (AvgIpc) is 2.95. The third kappa shape index (κ3) is 3.23. The van der Waals surface area contributed by atoms with Crippen LogP contribution in [0.25, 0.3) is 5.95 Å². The van der Waals surface area contributed by atoms with Crippen molar-refractivity contribution in [1.29, 1.82) is 0 Å². The molecule has 0 fully saturated rings. The van der Waals surface area contributed by atoms with Crippen LogP contribution in [0.4, 0.5) is 0 Å². The SMILES string of the molecule is C#CCCC1(CCNC(=O)c2nc(C)n(-c3ncn[nH]3)n2)N=N1. The van der Waals surface area contributed by atoms with Crippen molar-refractivity contribution in [3.8, 4) is 18.3 Å². The highest BCUT2D eigenvalue weighted by molar-refractivity contribution is 5.90. The molecule has 0 unspecified atom stereocenters. The molecule has 0 spiro atoms. The van der Waals surface area contributed by atoms with Crippen LogP contribution in [0, 0.1) is 19.3 Å². The van der Waals surface area contributed by atoms with E-state index in [1.54, 1.807) is 6.92 Å². The van der Waals surface area contributed by atoms with Gasteiger partial charge in [0, 0.05) is 25.8 Å². The zero-order chi connectivity index (χ0) is 16.3. The first-order valence-electron chi connectivity index (χ1n) is 7.09. The molecule has 23 heavy (non-hydrogen) atoms. The minimum Gasteiger partial charge on any atom is -0.349 e. The average molecular weight is 313 g/mol. The summed E-state index contributed by atoms with van der Waals surface area (Å²) < 4.78 is 1.42. The monoisotopic (exact) mass is 313 g/mol. The highest BCUT2D eigenvalue weighted by Crippen LogP contribution is 2.35. The summed E-state index contributed by atoms with van der Waals surface area (Å²) in [5, 5.41) is 21.3. The lowest BCUT2D eigenvalue weighted by Gasteiger charge is -2.08. The number of amides is 1. The Labute approximate surface area is 131 Å². The molecule has 2 aromatic rings. The molecule has 10 heteroatoms. The molecule has 118 valence electrons. The van der Waals surface area contributed by atoms with Crippen LogP contribution in [-0.2, 0) is 0 Å². The lowest BCUT2D eigenvalue weighted by atomic mass is 10.0. The van der Waals surface area contributed by atoms with Gasteiger partial charge in [-0.15, -0.1) is 17.4 Å². The van der Waals surface area contributed by atoms with Gasteiger partial charge < -0.3 is 5.32 Å². The summed E-state index contributed by atoms with van der Waals surface area (Å²) in [4.78, 5) is 20.2. The molecule has 0 aliphatic carbocycles. The Morgan fingerprint density at radius 2 is 2.30 bits per heavy atom. The third-order valence-corrected chi connectivity index (χ3v) is 3.44. The van der Waals surface area contributed by atoms with Gasteiger partial charge in [0.1, 0.15) is 12.2 Å². The van der Waals surface area contributed by atoms with Gasteiger partial charge in [0.2, 0.25) is 11.8 Å². The highest BCUT2D eigenvalue weighted by Gasteiger charge is 2.38. The van der Waals surface area contributed by atoms with Crippen LogP contribution < -0.4 is 5.32 Å². The van der Waals surface area contributed by atoms with Gasteiger partial charge in [-0.05, 0) is 6.92 Å². The Hall–Kier alpha value is -3.09. The van der Waals surface area contributed by atoms with E-state index in [9.17, 15) is 4.79 Å². The van der Waals surface area contributed by atoms with Crippen LogP contribution in [0.3, 0.4) is 0 Å². The van der Waals surface area contributed by atoms with Gasteiger partial charge in [0.25, 0.3) is 5.91 Å². The maximum absolute atomic E-state index is 12.1. The van der Waals surface area contributed by atoms with Crippen molar-refractivity contribution in [2.75, 3.05) is 6.54 Å². The molecule has 1 aliphatic rings. The Balaban J connectivity index is 1.55. The standard InChI is InChI=1S/C13H15N9O/c1-3-4-5-13(20-21-13)6-7-14-11(23)10-17-9(2)22(19-10)12-15-8-16-18-12/h1,8H,4-7H2,2H3,(H,14,23)(H,15,16,18). The van der Waals surface area contributed by atoms with E-state index in [4.69, 9.17) is 6.42 Å². The van der Waals surface area contributed by atoms with E-state index < -0.39 is 5.66 Å². The lowest BCUT2D eigenvalue weighted by molar-refractivity contribution is 0.0941. The number of aromatic nitrogens is 6.